The van der Waals surface area contributed by atoms with Gasteiger partial charge in [0.1, 0.15) is 0 Å². The predicted molar refractivity (Wildman–Crippen MR) is 100 cm³/mol. The number of hydrogen-bond acceptors (Lipinski definition) is 3. The predicted octanol–water partition coefficient (Wildman–Crippen LogP) is 4.54. The molecule has 4 nitrogen and oxygen atoms in total. The normalized spacial score (nSPS) is 10.7. The third-order valence-electron chi connectivity index (χ3n) is 2.65. The van der Waals surface area contributed by atoms with Crippen molar-refractivity contribution in [3.63, 3.8) is 0 Å². The molecule has 2 N–H and O–H groups in total. The van der Waals surface area contributed by atoms with Crippen LogP contribution in [-0.4, -0.2) is 18.7 Å². The summed E-state index contributed by atoms with van der Waals surface area (Å²) in [6.45, 7) is 0.124. The topological polar surface area (TPSA) is 53.5 Å². The number of nitrogens with zero attached hydrogens (tertiary/aromatic N) is 1. The van der Waals surface area contributed by atoms with Crippen LogP contribution < -0.4 is 10.7 Å². The van der Waals surface area contributed by atoms with Gasteiger partial charge in [0, 0.05) is 13.4 Å². The van der Waals surface area contributed by atoms with Gasteiger partial charge >= 0.3 is 0 Å². The Kier molecular flexibility index (Phi) is 6.60. The van der Waals surface area contributed by atoms with Crippen molar-refractivity contribution in [2.75, 3.05) is 11.9 Å². The van der Waals surface area contributed by atoms with Gasteiger partial charge in [0.2, 0.25) is 0 Å². The second-order valence-electron chi connectivity index (χ2n) is 4.30. The number of hydrogen-bond donors (Lipinski definition) is 2. The molecule has 0 saturated heterocycles. The average Bonchev–Trinajstić information content (AvgIpc) is 2.50. The Morgan fingerprint density at radius 1 is 1.05 bits per heavy atom. The molecule has 0 fully saturated rings. The maximum atomic E-state index is 11.7. The summed E-state index contributed by atoms with van der Waals surface area (Å²) in [4.78, 5) is 11.7. The van der Waals surface area contributed by atoms with Crippen LogP contribution >= 0.6 is 47.8 Å². The summed E-state index contributed by atoms with van der Waals surface area (Å²) >= 11 is 10.3. The van der Waals surface area contributed by atoms with E-state index in [4.69, 9.17) is 0 Å². The lowest BCUT2D eigenvalue weighted by Gasteiger charge is -2.09. The standard InChI is InChI=1S/C15H12Br3N3O/c16-11-6-13(18)14(7-12(11)17)19-9-15(22)21-20-8-10-4-2-1-3-5-10/h1-8,19H,9H2,(H,21,22)/b20-8+. The van der Waals surface area contributed by atoms with Gasteiger partial charge in [0.15, 0.2) is 0 Å². The van der Waals surface area contributed by atoms with E-state index in [0.717, 1.165) is 24.7 Å². The molecule has 2 rings (SSSR count). The van der Waals surface area contributed by atoms with Gasteiger partial charge < -0.3 is 5.32 Å². The molecule has 0 bridgehead atoms. The number of amides is 1. The van der Waals surface area contributed by atoms with Crippen molar-refractivity contribution in [1.82, 2.24) is 5.43 Å². The molecule has 0 aromatic heterocycles. The number of hydrazone groups is 1. The molecule has 0 spiro atoms. The lowest BCUT2D eigenvalue weighted by Crippen LogP contribution is -2.26. The maximum Gasteiger partial charge on any atom is 0.259 e. The number of nitrogens with one attached hydrogen (secondary N) is 2. The zero-order valence-electron chi connectivity index (χ0n) is 11.3. The Balaban J connectivity index is 1.86. The van der Waals surface area contributed by atoms with Crippen LogP contribution in [0.1, 0.15) is 5.56 Å². The van der Waals surface area contributed by atoms with Crippen LogP contribution in [0.2, 0.25) is 0 Å². The fraction of sp³-hybridized carbons (Fsp3) is 0.0667. The Morgan fingerprint density at radius 2 is 1.73 bits per heavy atom. The molecule has 22 heavy (non-hydrogen) atoms. The number of benzene rings is 2. The smallest absolute Gasteiger partial charge is 0.259 e. The highest BCUT2D eigenvalue weighted by Crippen LogP contribution is 2.32. The fourth-order valence-electron chi connectivity index (χ4n) is 1.59. The Hall–Kier alpha value is -1.18. The Morgan fingerprint density at radius 3 is 2.45 bits per heavy atom. The molecular weight excluding hydrogens is 478 g/mol. The Labute approximate surface area is 153 Å². The lowest BCUT2D eigenvalue weighted by molar-refractivity contribution is -0.119. The summed E-state index contributed by atoms with van der Waals surface area (Å²) in [6, 6.07) is 13.3. The molecular formula is C15H12Br3N3O. The average molecular weight is 490 g/mol. The van der Waals surface area contributed by atoms with Gasteiger partial charge in [-0.2, -0.15) is 5.10 Å². The van der Waals surface area contributed by atoms with Gasteiger partial charge in [-0.15, -0.1) is 0 Å². The maximum absolute atomic E-state index is 11.7. The van der Waals surface area contributed by atoms with E-state index in [9.17, 15) is 4.79 Å². The number of carbonyl (C=O) groups is 1. The van der Waals surface area contributed by atoms with E-state index in [1.165, 1.54) is 0 Å². The van der Waals surface area contributed by atoms with Crippen molar-refractivity contribution in [1.29, 1.82) is 0 Å². The van der Waals surface area contributed by atoms with E-state index >= 15 is 0 Å². The summed E-state index contributed by atoms with van der Waals surface area (Å²) in [7, 11) is 0. The van der Waals surface area contributed by atoms with Crippen LogP contribution in [-0.2, 0) is 4.79 Å². The molecule has 0 atom stereocenters. The SMILES string of the molecule is O=C(CNc1cc(Br)c(Br)cc1Br)N/N=C/c1ccccc1. The van der Waals surface area contributed by atoms with Crippen LogP contribution in [0.15, 0.2) is 61.0 Å². The van der Waals surface area contributed by atoms with Gasteiger partial charge in [-0.3, -0.25) is 4.79 Å². The van der Waals surface area contributed by atoms with Gasteiger partial charge in [-0.25, -0.2) is 5.43 Å². The number of carbonyl (C=O) groups excluding carboxylic acids is 1. The van der Waals surface area contributed by atoms with Crippen LogP contribution in [0.4, 0.5) is 5.69 Å². The zero-order chi connectivity index (χ0) is 15.9. The van der Waals surface area contributed by atoms with E-state index in [-0.39, 0.29) is 12.5 Å². The highest BCUT2D eigenvalue weighted by Gasteiger charge is 2.06. The first-order valence-electron chi connectivity index (χ1n) is 6.31. The van der Waals surface area contributed by atoms with Crippen molar-refractivity contribution < 1.29 is 4.79 Å². The Bertz CT molecular complexity index is 690. The van der Waals surface area contributed by atoms with Gasteiger partial charge in [-0.1, -0.05) is 30.3 Å². The first kappa shape index (κ1) is 17.2. The summed E-state index contributed by atoms with van der Waals surface area (Å²) < 4.78 is 2.70. The van der Waals surface area contributed by atoms with Crippen molar-refractivity contribution in [2.45, 2.75) is 0 Å². The van der Waals surface area contributed by atoms with E-state index < -0.39 is 0 Å². The highest BCUT2D eigenvalue weighted by molar-refractivity contribution is 9.13. The van der Waals surface area contributed by atoms with Crippen LogP contribution in [0.3, 0.4) is 0 Å². The molecule has 0 aliphatic rings. The molecule has 0 saturated carbocycles. The first-order chi connectivity index (χ1) is 10.6. The lowest BCUT2D eigenvalue weighted by atomic mass is 10.2. The molecule has 0 unspecified atom stereocenters. The minimum atomic E-state index is -0.224. The van der Waals surface area contributed by atoms with Gasteiger partial charge in [0.05, 0.1) is 18.4 Å². The van der Waals surface area contributed by atoms with Crippen molar-refractivity contribution in [3.8, 4) is 0 Å². The van der Waals surface area contributed by atoms with Crippen LogP contribution in [0.25, 0.3) is 0 Å². The molecule has 0 radical (unpaired) electrons. The largest absolute Gasteiger partial charge is 0.375 e. The van der Waals surface area contributed by atoms with E-state index in [2.05, 4.69) is 63.6 Å². The molecule has 0 aliphatic heterocycles. The van der Waals surface area contributed by atoms with E-state index in [1.807, 2.05) is 42.5 Å². The van der Waals surface area contributed by atoms with Crippen molar-refractivity contribution in [3.05, 3.63) is 61.4 Å². The van der Waals surface area contributed by atoms with Crippen LogP contribution in [0.5, 0.6) is 0 Å². The zero-order valence-corrected chi connectivity index (χ0v) is 16.1. The van der Waals surface area contributed by atoms with Crippen molar-refractivity contribution >= 4 is 65.6 Å². The summed E-state index contributed by atoms with van der Waals surface area (Å²) in [5, 5.41) is 6.96. The molecule has 7 heteroatoms. The van der Waals surface area contributed by atoms with E-state index in [0.29, 0.717) is 0 Å². The molecule has 0 heterocycles. The summed E-state index contributed by atoms with van der Waals surface area (Å²) in [5.41, 5.74) is 4.22. The monoisotopic (exact) mass is 487 g/mol. The molecule has 0 aliphatic carbocycles. The summed E-state index contributed by atoms with van der Waals surface area (Å²) in [6.07, 6.45) is 1.60. The third-order valence-corrected chi connectivity index (χ3v) is 5.15. The number of rotatable bonds is 5. The van der Waals surface area contributed by atoms with Crippen molar-refractivity contribution in [2.24, 2.45) is 5.10 Å². The summed E-state index contributed by atoms with van der Waals surface area (Å²) in [5.74, 6) is -0.224. The third kappa shape index (κ3) is 5.23. The minimum Gasteiger partial charge on any atom is -0.375 e. The molecule has 2 aromatic carbocycles. The second-order valence-corrected chi connectivity index (χ2v) is 6.87. The van der Waals surface area contributed by atoms with Gasteiger partial charge in [-0.05, 0) is 65.5 Å². The first-order valence-corrected chi connectivity index (χ1v) is 8.69. The number of anilines is 1. The van der Waals surface area contributed by atoms with Crippen LogP contribution in [0, 0.1) is 0 Å². The number of halogens is 3. The molecule has 1 amide bonds. The van der Waals surface area contributed by atoms with E-state index in [1.54, 1.807) is 6.21 Å². The molecule has 114 valence electrons. The molecule has 2 aromatic rings. The fourth-order valence-corrected chi connectivity index (χ4v) is 3.07. The van der Waals surface area contributed by atoms with Gasteiger partial charge in [0.25, 0.3) is 5.91 Å². The second kappa shape index (κ2) is 8.45. The highest BCUT2D eigenvalue weighted by atomic mass is 79.9. The minimum absolute atomic E-state index is 0.124. The quantitative estimate of drug-likeness (QED) is 0.368.